The van der Waals surface area contributed by atoms with Crippen LogP contribution in [-0.2, 0) is 22.4 Å². The number of hydrogen-bond acceptors (Lipinski definition) is 4. The van der Waals surface area contributed by atoms with Crippen LogP contribution in [0.4, 0.5) is 10.7 Å². The number of hydrogen-bond donors (Lipinski definition) is 3. The zero-order valence-electron chi connectivity index (χ0n) is 19.2. The van der Waals surface area contributed by atoms with E-state index in [1.165, 1.54) is 17.4 Å². The van der Waals surface area contributed by atoms with Crippen LogP contribution >= 0.6 is 22.9 Å². The van der Waals surface area contributed by atoms with E-state index in [0.29, 0.717) is 34.1 Å². The number of anilines is 2. The molecular weight excluding hydrogens is 484 g/mol. The number of amides is 2. The molecule has 1 heterocycles. The van der Waals surface area contributed by atoms with Crippen molar-refractivity contribution in [3.05, 3.63) is 75.8 Å². The third-order valence-electron chi connectivity index (χ3n) is 6.76. The van der Waals surface area contributed by atoms with Gasteiger partial charge in [-0.3, -0.25) is 14.4 Å². The number of carboxylic acids is 1. The molecule has 2 aromatic rings. The van der Waals surface area contributed by atoms with Crippen LogP contribution in [-0.4, -0.2) is 22.9 Å². The first-order chi connectivity index (χ1) is 16.9. The number of aliphatic carboxylic acids is 1. The summed E-state index contributed by atoms with van der Waals surface area (Å²) in [5, 5.41) is 17.0. The second-order valence-corrected chi connectivity index (χ2v) is 10.4. The summed E-state index contributed by atoms with van der Waals surface area (Å²) in [6.07, 6.45) is 9.62. The van der Waals surface area contributed by atoms with Crippen molar-refractivity contribution in [2.45, 2.75) is 44.9 Å². The maximum atomic E-state index is 13.5. The van der Waals surface area contributed by atoms with Gasteiger partial charge in [-0.25, -0.2) is 0 Å². The molecule has 1 aromatic heterocycles. The van der Waals surface area contributed by atoms with E-state index >= 15 is 0 Å². The number of allylic oxidation sites excluding steroid dienone is 2. The van der Waals surface area contributed by atoms with Crippen molar-refractivity contribution >= 4 is 51.4 Å². The molecule has 6 nitrogen and oxygen atoms in total. The van der Waals surface area contributed by atoms with E-state index in [1.807, 2.05) is 0 Å². The summed E-state index contributed by atoms with van der Waals surface area (Å²) in [7, 11) is 0. The molecule has 0 aliphatic heterocycles. The highest BCUT2D eigenvalue weighted by Crippen LogP contribution is 2.45. The van der Waals surface area contributed by atoms with Crippen LogP contribution in [0, 0.1) is 11.3 Å². The number of fused-ring (bicyclic) bond motifs is 1. The average Bonchev–Trinajstić information content (AvgIpc) is 3.41. The van der Waals surface area contributed by atoms with Crippen molar-refractivity contribution in [3.8, 4) is 0 Å². The molecule has 35 heavy (non-hydrogen) atoms. The Balaban J connectivity index is 1.63. The molecule has 0 saturated heterocycles. The minimum atomic E-state index is -1.32. The molecule has 0 bridgehead atoms. The number of benzene rings is 1. The normalized spacial score (nSPS) is 21.2. The molecule has 2 amide bonds. The smallest absolute Gasteiger partial charge is 0.314 e. The molecule has 2 aliphatic carbocycles. The quantitative estimate of drug-likeness (QED) is 0.303. The van der Waals surface area contributed by atoms with Crippen LogP contribution in [0.5, 0.6) is 0 Å². The van der Waals surface area contributed by atoms with Gasteiger partial charge in [-0.15, -0.1) is 17.1 Å². The van der Waals surface area contributed by atoms with Gasteiger partial charge in [-0.05, 0) is 68.0 Å². The minimum Gasteiger partial charge on any atom is -0.481 e. The number of carbonyl (C=O) groups excluding carboxylic acids is 2. The van der Waals surface area contributed by atoms with Gasteiger partial charge in [-0.2, -0.15) is 0 Å². The van der Waals surface area contributed by atoms with Crippen LogP contribution in [0.3, 0.4) is 0 Å². The molecule has 182 valence electrons. The fourth-order valence-electron chi connectivity index (χ4n) is 5.04. The Labute approximate surface area is 213 Å². The van der Waals surface area contributed by atoms with Gasteiger partial charge in [0.15, 0.2) is 0 Å². The van der Waals surface area contributed by atoms with E-state index in [9.17, 15) is 19.5 Å². The summed E-state index contributed by atoms with van der Waals surface area (Å²) < 4.78 is 0. The predicted molar refractivity (Wildman–Crippen MR) is 139 cm³/mol. The monoisotopic (exact) mass is 510 g/mol. The van der Waals surface area contributed by atoms with Gasteiger partial charge < -0.3 is 15.7 Å². The molecule has 3 N–H and O–H groups in total. The van der Waals surface area contributed by atoms with E-state index in [0.717, 1.165) is 42.5 Å². The van der Waals surface area contributed by atoms with Gasteiger partial charge in [-0.1, -0.05) is 43.2 Å². The fourth-order valence-corrected chi connectivity index (χ4v) is 6.45. The van der Waals surface area contributed by atoms with Crippen molar-refractivity contribution in [2.75, 3.05) is 10.6 Å². The van der Waals surface area contributed by atoms with E-state index in [1.54, 1.807) is 36.4 Å². The standard InChI is InChI=1S/C27H27ClN2O4S/c1-2-3-5-15-27(26(33)34)16-6-4-9-20(27)23(31)30-25-22(19-8-7-10-21(19)35-25)24(32)29-18-13-11-17(28)12-14-18/h3,5,11-15,20H,1,4,6-10,16H2,(H,29,32)(H,30,31)(H,33,34)/b15-5-. The third-order valence-corrected chi connectivity index (χ3v) is 8.22. The number of thiophene rings is 1. The Kier molecular flexibility index (Phi) is 7.60. The van der Waals surface area contributed by atoms with E-state index in [-0.39, 0.29) is 11.8 Å². The van der Waals surface area contributed by atoms with Crippen LogP contribution < -0.4 is 10.6 Å². The predicted octanol–water partition coefficient (Wildman–Crippen LogP) is 6.24. The zero-order chi connectivity index (χ0) is 25.0. The van der Waals surface area contributed by atoms with Gasteiger partial charge in [0.2, 0.25) is 5.91 Å². The average molecular weight is 511 g/mol. The van der Waals surface area contributed by atoms with Gasteiger partial charge >= 0.3 is 5.97 Å². The molecule has 0 radical (unpaired) electrons. The molecule has 1 fully saturated rings. The highest BCUT2D eigenvalue weighted by molar-refractivity contribution is 7.17. The Hall–Kier alpha value is -3.12. The summed E-state index contributed by atoms with van der Waals surface area (Å²) in [5.74, 6) is -2.46. The zero-order valence-corrected chi connectivity index (χ0v) is 20.8. The Morgan fingerprint density at radius 3 is 2.63 bits per heavy atom. The largest absolute Gasteiger partial charge is 0.481 e. The van der Waals surface area contributed by atoms with E-state index < -0.39 is 17.3 Å². The van der Waals surface area contributed by atoms with Crippen molar-refractivity contribution in [3.63, 3.8) is 0 Å². The first kappa shape index (κ1) is 25.0. The summed E-state index contributed by atoms with van der Waals surface area (Å²) in [5.41, 5.74) is 3.32. The number of carboxylic acid groups (broad SMARTS) is 1. The van der Waals surface area contributed by atoms with Crippen LogP contribution in [0.2, 0.25) is 5.02 Å². The minimum absolute atomic E-state index is 0.300. The van der Waals surface area contributed by atoms with Crippen molar-refractivity contribution in [1.82, 2.24) is 0 Å². The maximum absolute atomic E-state index is 13.5. The molecule has 2 aliphatic rings. The highest BCUT2D eigenvalue weighted by Gasteiger charge is 2.49. The number of rotatable bonds is 7. The van der Waals surface area contributed by atoms with E-state index in [4.69, 9.17) is 11.6 Å². The van der Waals surface area contributed by atoms with Gasteiger partial charge in [0.25, 0.3) is 5.91 Å². The van der Waals surface area contributed by atoms with Crippen LogP contribution in [0.25, 0.3) is 0 Å². The molecule has 1 aromatic carbocycles. The summed E-state index contributed by atoms with van der Waals surface area (Å²) >= 11 is 7.36. The molecule has 8 heteroatoms. The topological polar surface area (TPSA) is 95.5 Å². The first-order valence-corrected chi connectivity index (χ1v) is 12.8. The van der Waals surface area contributed by atoms with Crippen molar-refractivity contribution in [2.24, 2.45) is 11.3 Å². The fraction of sp³-hybridized carbons (Fsp3) is 0.333. The van der Waals surface area contributed by atoms with Crippen LogP contribution in [0.15, 0.2) is 54.8 Å². The number of carbonyl (C=O) groups is 3. The summed E-state index contributed by atoms with van der Waals surface area (Å²) in [4.78, 5) is 40.3. The molecule has 2 unspecified atom stereocenters. The lowest BCUT2D eigenvalue weighted by molar-refractivity contribution is -0.154. The lowest BCUT2D eigenvalue weighted by Gasteiger charge is -2.37. The number of aryl methyl sites for hydroxylation is 1. The lowest BCUT2D eigenvalue weighted by Crippen LogP contribution is -2.45. The molecule has 1 saturated carbocycles. The summed E-state index contributed by atoms with van der Waals surface area (Å²) in [6.45, 7) is 3.50. The first-order valence-electron chi connectivity index (χ1n) is 11.6. The number of nitrogens with one attached hydrogen (secondary N) is 2. The van der Waals surface area contributed by atoms with Gasteiger partial charge in [0, 0.05) is 15.6 Å². The van der Waals surface area contributed by atoms with Crippen molar-refractivity contribution in [1.29, 1.82) is 0 Å². The number of halogens is 1. The SMILES string of the molecule is C=C=C/C=C\C1(C(=O)O)CCCCC1C(=O)Nc1sc2c(c1C(=O)Nc1ccc(Cl)cc1)CCC2. The summed E-state index contributed by atoms with van der Waals surface area (Å²) in [6, 6.07) is 6.83. The second-order valence-electron chi connectivity index (χ2n) is 8.89. The molecule has 0 spiro atoms. The molecule has 4 rings (SSSR count). The van der Waals surface area contributed by atoms with E-state index in [2.05, 4.69) is 22.9 Å². The third kappa shape index (κ3) is 5.13. The van der Waals surface area contributed by atoms with Crippen LogP contribution in [0.1, 0.15) is 52.9 Å². The van der Waals surface area contributed by atoms with Gasteiger partial charge in [0.05, 0.1) is 16.9 Å². The molecule has 2 atom stereocenters. The van der Waals surface area contributed by atoms with Gasteiger partial charge in [0.1, 0.15) is 5.00 Å². The Morgan fingerprint density at radius 1 is 1.14 bits per heavy atom. The maximum Gasteiger partial charge on any atom is 0.314 e. The Bertz CT molecular complexity index is 1230. The van der Waals surface area contributed by atoms with Crippen molar-refractivity contribution < 1.29 is 19.5 Å². The second kappa shape index (κ2) is 10.6. The molecular formula is C27H27ClN2O4S. The Morgan fingerprint density at radius 2 is 1.91 bits per heavy atom. The highest BCUT2D eigenvalue weighted by atomic mass is 35.5. The lowest BCUT2D eigenvalue weighted by atomic mass is 9.65.